The predicted molar refractivity (Wildman–Crippen MR) is 88.2 cm³/mol. The lowest BCUT2D eigenvalue weighted by molar-refractivity contribution is -0.137. The summed E-state index contributed by atoms with van der Waals surface area (Å²) in [6.07, 6.45) is -4.42. The number of benzene rings is 2. The second-order valence-electron chi connectivity index (χ2n) is 5.59. The van der Waals surface area contributed by atoms with E-state index in [1.165, 1.54) is 24.3 Å². The third kappa shape index (κ3) is 3.26. The fourth-order valence-electron chi connectivity index (χ4n) is 2.52. The van der Waals surface area contributed by atoms with Crippen molar-refractivity contribution in [2.45, 2.75) is 13.1 Å². The third-order valence-electron chi connectivity index (χ3n) is 3.79. The van der Waals surface area contributed by atoms with Crippen molar-refractivity contribution in [3.63, 3.8) is 0 Å². The van der Waals surface area contributed by atoms with Crippen molar-refractivity contribution in [2.24, 2.45) is 5.73 Å². The molecule has 0 aliphatic carbocycles. The van der Waals surface area contributed by atoms with E-state index < -0.39 is 17.6 Å². The third-order valence-corrected chi connectivity index (χ3v) is 3.79. The van der Waals surface area contributed by atoms with Crippen molar-refractivity contribution in [3.8, 4) is 17.2 Å². The van der Waals surface area contributed by atoms with E-state index >= 15 is 0 Å². The minimum atomic E-state index is -4.42. The van der Waals surface area contributed by atoms with E-state index in [4.69, 9.17) is 10.5 Å². The minimum absolute atomic E-state index is 0.223. The van der Waals surface area contributed by atoms with Crippen LogP contribution in [0.3, 0.4) is 0 Å². The number of halogens is 3. The Hall–Kier alpha value is -3.29. The number of alkyl halides is 3. The fraction of sp³-hybridized carbons (Fsp3) is 0.111. The summed E-state index contributed by atoms with van der Waals surface area (Å²) in [4.78, 5) is 15.3. The highest BCUT2D eigenvalue weighted by molar-refractivity contribution is 6.01. The zero-order valence-electron chi connectivity index (χ0n) is 13.5. The molecule has 0 aliphatic rings. The van der Waals surface area contributed by atoms with Crippen molar-refractivity contribution in [1.82, 2.24) is 4.98 Å². The fourth-order valence-corrected chi connectivity index (χ4v) is 2.52. The van der Waals surface area contributed by atoms with Crippen LogP contribution in [0.4, 0.5) is 13.2 Å². The summed E-state index contributed by atoms with van der Waals surface area (Å²) in [5, 5.41) is 11.0. The van der Waals surface area contributed by atoms with Gasteiger partial charge in [0.25, 0.3) is 5.91 Å². The SMILES string of the molecule is Cc1nc(C(N)=O)c(O)c2ccc(Oc3ccc(C(F)(F)F)cc3)cc12. The Morgan fingerprint density at radius 1 is 1.08 bits per heavy atom. The lowest BCUT2D eigenvalue weighted by atomic mass is 10.1. The molecule has 0 saturated carbocycles. The summed E-state index contributed by atoms with van der Waals surface area (Å²) in [7, 11) is 0. The number of nitrogens with zero attached hydrogens (tertiary/aromatic N) is 1. The Morgan fingerprint density at radius 2 is 1.69 bits per heavy atom. The van der Waals surface area contributed by atoms with Gasteiger partial charge in [-0.1, -0.05) is 0 Å². The molecule has 0 fully saturated rings. The number of hydrogen-bond donors (Lipinski definition) is 2. The van der Waals surface area contributed by atoms with Gasteiger partial charge in [0.15, 0.2) is 11.4 Å². The maximum Gasteiger partial charge on any atom is 0.416 e. The van der Waals surface area contributed by atoms with E-state index in [2.05, 4.69) is 4.98 Å². The summed E-state index contributed by atoms with van der Waals surface area (Å²) in [5.41, 5.74) is 4.63. The van der Waals surface area contributed by atoms with Crippen LogP contribution < -0.4 is 10.5 Å². The first kappa shape index (κ1) is 17.5. The van der Waals surface area contributed by atoms with Crippen LogP contribution in [0.1, 0.15) is 21.7 Å². The Morgan fingerprint density at radius 3 is 2.27 bits per heavy atom. The van der Waals surface area contributed by atoms with E-state index in [9.17, 15) is 23.1 Å². The molecule has 0 aliphatic heterocycles. The molecule has 0 spiro atoms. The Labute approximate surface area is 145 Å². The molecule has 3 N–H and O–H groups in total. The molecule has 1 heterocycles. The number of pyridine rings is 1. The molecule has 0 unspecified atom stereocenters. The van der Waals surface area contributed by atoms with Gasteiger partial charge in [-0.2, -0.15) is 13.2 Å². The van der Waals surface area contributed by atoms with Gasteiger partial charge in [-0.15, -0.1) is 0 Å². The monoisotopic (exact) mass is 362 g/mol. The van der Waals surface area contributed by atoms with E-state index in [-0.39, 0.29) is 17.2 Å². The van der Waals surface area contributed by atoms with Crippen LogP contribution in [-0.2, 0) is 6.18 Å². The van der Waals surface area contributed by atoms with Crippen LogP contribution in [0.15, 0.2) is 42.5 Å². The molecule has 8 heteroatoms. The number of hydrogen-bond acceptors (Lipinski definition) is 4. The predicted octanol–water partition coefficient (Wildman–Crippen LogP) is 4.16. The van der Waals surface area contributed by atoms with Gasteiger partial charge in [-0.05, 0) is 49.4 Å². The average Bonchev–Trinajstić information content (AvgIpc) is 2.57. The Kier molecular flexibility index (Phi) is 4.19. The minimum Gasteiger partial charge on any atom is -0.505 e. The molecule has 5 nitrogen and oxygen atoms in total. The molecule has 0 atom stereocenters. The van der Waals surface area contributed by atoms with Crippen molar-refractivity contribution < 1.29 is 27.8 Å². The first-order valence-electron chi connectivity index (χ1n) is 7.45. The van der Waals surface area contributed by atoms with Crippen molar-refractivity contribution in [1.29, 1.82) is 0 Å². The smallest absolute Gasteiger partial charge is 0.416 e. The highest BCUT2D eigenvalue weighted by Gasteiger charge is 2.30. The number of rotatable bonds is 3. The number of carbonyl (C=O) groups is 1. The Bertz CT molecular complexity index is 999. The van der Waals surface area contributed by atoms with Gasteiger partial charge in [-0.25, -0.2) is 4.98 Å². The molecule has 1 amide bonds. The van der Waals surface area contributed by atoms with Crippen molar-refractivity contribution in [2.75, 3.05) is 0 Å². The highest BCUT2D eigenvalue weighted by Crippen LogP contribution is 2.34. The van der Waals surface area contributed by atoms with Gasteiger partial charge < -0.3 is 15.6 Å². The first-order chi connectivity index (χ1) is 12.2. The second kappa shape index (κ2) is 6.21. The quantitative estimate of drug-likeness (QED) is 0.733. The summed E-state index contributed by atoms with van der Waals surface area (Å²) >= 11 is 0. The summed E-state index contributed by atoms with van der Waals surface area (Å²) < 4.78 is 43.3. The van der Waals surface area contributed by atoms with Gasteiger partial charge in [-0.3, -0.25) is 4.79 Å². The van der Waals surface area contributed by atoms with Crippen LogP contribution in [0.2, 0.25) is 0 Å². The van der Waals surface area contributed by atoms with Gasteiger partial charge in [0.1, 0.15) is 11.5 Å². The summed E-state index contributed by atoms with van der Waals surface area (Å²) in [5.74, 6) is -0.619. The molecule has 26 heavy (non-hydrogen) atoms. The Balaban J connectivity index is 1.96. The van der Waals surface area contributed by atoms with Crippen LogP contribution in [0.25, 0.3) is 10.8 Å². The molecule has 134 valence electrons. The zero-order valence-corrected chi connectivity index (χ0v) is 13.5. The normalized spacial score (nSPS) is 11.5. The van der Waals surface area contributed by atoms with E-state index in [0.717, 1.165) is 12.1 Å². The lowest BCUT2D eigenvalue weighted by Crippen LogP contribution is -2.14. The second-order valence-corrected chi connectivity index (χ2v) is 5.59. The van der Waals surface area contributed by atoms with E-state index in [1.807, 2.05) is 0 Å². The molecular weight excluding hydrogens is 349 g/mol. The van der Waals surface area contributed by atoms with Gasteiger partial charge in [0.2, 0.25) is 0 Å². The van der Waals surface area contributed by atoms with Gasteiger partial charge in [0, 0.05) is 16.5 Å². The van der Waals surface area contributed by atoms with Gasteiger partial charge >= 0.3 is 6.18 Å². The number of carbonyl (C=O) groups excluding carboxylic acids is 1. The number of aryl methyl sites for hydroxylation is 1. The molecule has 0 radical (unpaired) electrons. The number of fused-ring (bicyclic) bond motifs is 1. The standard InChI is InChI=1S/C18H13F3N2O3/c1-9-14-8-12(6-7-13(14)16(24)15(23-9)17(22)25)26-11-4-2-10(3-5-11)18(19,20)21/h2-8,24H,1H3,(H2,22,25). The van der Waals surface area contributed by atoms with Crippen molar-refractivity contribution >= 4 is 16.7 Å². The molecular formula is C18H13F3N2O3. The van der Waals surface area contributed by atoms with E-state index in [1.54, 1.807) is 13.0 Å². The molecule has 0 saturated heterocycles. The molecule has 0 bridgehead atoms. The molecule has 3 rings (SSSR count). The molecule has 1 aromatic heterocycles. The largest absolute Gasteiger partial charge is 0.505 e. The first-order valence-corrected chi connectivity index (χ1v) is 7.45. The molecule has 3 aromatic rings. The summed E-state index contributed by atoms with van der Waals surface area (Å²) in [6.45, 7) is 1.64. The highest BCUT2D eigenvalue weighted by atomic mass is 19.4. The number of primary amides is 1. The van der Waals surface area contributed by atoms with Gasteiger partial charge in [0.05, 0.1) is 5.56 Å². The summed E-state index contributed by atoms with van der Waals surface area (Å²) in [6, 6.07) is 8.88. The maximum absolute atomic E-state index is 12.6. The molecule has 2 aromatic carbocycles. The number of aromatic nitrogens is 1. The van der Waals surface area contributed by atoms with Crippen molar-refractivity contribution in [3.05, 3.63) is 59.4 Å². The van der Waals surface area contributed by atoms with Crippen LogP contribution in [-0.4, -0.2) is 16.0 Å². The topological polar surface area (TPSA) is 85.4 Å². The number of nitrogens with two attached hydrogens (primary N) is 1. The van der Waals surface area contributed by atoms with Crippen LogP contribution in [0, 0.1) is 6.92 Å². The zero-order chi connectivity index (χ0) is 19.1. The van der Waals surface area contributed by atoms with Crippen LogP contribution in [0.5, 0.6) is 17.2 Å². The number of amides is 1. The average molecular weight is 362 g/mol. The van der Waals surface area contributed by atoms with Crippen LogP contribution >= 0.6 is 0 Å². The number of aromatic hydroxyl groups is 1. The maximum atomic E-state index is 12.6. The van der Waals surface area contributed by atoms with E-state index in [0.29, 0.717) is 22.2 Å². The lowest BCUT2D eigenvalue weighted by Gasteiger charge is -2.11. The number of ether oxygens (including phenoxy) is 1.